The maximum absolute atomic E-state index is 14.9. The van der Waals surface area contributed by atoms with Gasteiger partial charge in [-0.15, -0.1) is 5.53 Å². The number of aliphatic hydroxyl groups is 1. The van der Waals surface area contributed by atoms with E-state index < -0.39 is 48.1 Å². The fourth-order valence-corrected chi connectivity index (χ4v) is 6.98. The summed E-state index contributed by atoms with van der Waals surface area (Å²) in [4.78, 5) is 63.6. The molecule has 6 rings (SSSR count). The molecule has 0 saturated carbocycles. The molecular formula is C39H49FN10O7. The van der Waals surface area contributed by atoms with E-state index in [1.807, 2.05) is 26.1 Å². The van der Waals surface area contributed by atoms with Crippen molar-refractivity contribution in [2.45, 2.75) is 77.3 Å². The summed E-state index contributed by atoms with van der Waals surface area (Å²) in [6.45, 7) is 6.52. The van der Waals surface area contributed by atoms with Gasteiger partial charge in [-0.3, -0.25) is 19.4 Å². The zero-order chi connectivity index (χ0) is 40.5. The van der Waals surface area contributed by atoms with E-state index >= 15 is 0 Å². The van der Waals surface area contributed by atoms with Crippen molar-refractivity contribution in [1.29, 1.82) is 0 Å². The second-order valence-electron chi connectivity index (χ2n) is 14.6. The maximum atomic E-state index is 14.9. The van der Waals surface area contributed by atoms with E-state index in [4.69, 9.17) is 9.15 Å². The zero-order valence-corrected chi connectivity index (χ0v) is 32.1. The Morgan fingerprint density at radius 3 is 2.88 bits per heavy atom. The molecule has 3 aliphatic rings. The summed E-state index contributed by atoms with van der Waals surface area (Å²) in [6, 6.07) is 2.73. The largest absolute Gasteiger partial charge is 0.460 e. The van der Waals surface area contributed by atoms with Gasteiger partial charge in [0.05, 0.1) is 31.0 Å². The average molecular weight is 789 g/mol. The maximum Gasteiger partial charge on any atom is 0.329 e. The van der Waals surface area contributed by atoms with Crippen molar-refractivity contribution in [2.75, 3.05) is 26.2 Å². The van der Waals surface area contributed by atoms with Crippen LogP contribution < -0.4 is 21.6 Å². The Kier molecular flexibility index (Phi) is 13.5. The number of rotatable bonds is 7. The third-order valence-electron chi connectivity index (χ3n) is 9.78. The summed E-state index contributed by atoms with van der Waals surface area (Å²) in [6.07, 6.45) is 11.0. The van der Waals surface area contributed by atoms with E-state index in [1.54, 1.807) is 53.1 Å². The summed E-state index contributed by atoms with van der Waals surface area (Å²) in [5.41, 5.74) is 8.92. The summed E-state index contributed by atoms with van der Waals surface area (Å²) in [7, 11) is 0. The number of oxazole rings is 1. The fraction of sp³-hybridized carbons (Fsp3) is 0.462. The van der Waals surface area contributed by atoms with E-state index in [-0.39, 0.29) is 62.3 Å². The van der Waals surface area contributed by atoms with Crippen LogP contribution >= 0.6 is 0 Å². The molecule has 5 atom stereocenters. The number of aliphatic hydroxyl groups excluding tert-OH is 1. The number of allylic oxidation sites excluding steroid dienone is 2. The molecule has 0 aliphatic carbocycles. The zero-order valence-electron chi connectivity index (χ0n) is 32.1. The smallest absolute Gasteiger partial charge is 0.329 e. The first-order chi connectivity index (χ1) is 27.4. The highest BCUT2D eigenvalue weighted by Crippen LogP contribution is 2.27. The van der Waals surface area contributed by atoms with Gasteiger partial charge in [0, 0.05) is 50.8 Å². The van der Waals surface area contributed by atoms with Crippen LogP contribution in [-0.2, 0) is 25.5 Å². The third kappa shape index (κ3) is 10.7. The number of carbonyl (C=O) groups is 4. The number of hydrogen-bond acceptors (Lipinski definition) is 13. The topological polar surface area (TPSA) is 209 Å². The summed E-state index contributed by atoms with van der Waals surface area (Å²) in [5.74, 6) is -2.96. The summed E-state index contributed by atoms with van der Waals surface area (Å²) in [5, 5.41) is 22.2. The van der Waals surface area contributed by atoms with Crippen LogP contribution in [0.4, 0.5) is 4.39 Å². The molecule has 17 nitrogen and oxygen atoms in total. The number of cyclic esters (lactones) is 1. The first kappa shape index (κ1) is 40.8. The van der Waals surface area contributed by atoms with Crippen LogP contribution in [0.5, 0.6) is 0 Å². The molecule has 0 spiro atoms. The number of imidazole rings is 1. The standard InChI is InChI=1S/C39H49FN10O7/c1-24(2)37-26(18-35(53)42-14-16-48-22-29(46-47-48)32-21-43-33-9-5-13-44-50(32)33)10-11-34(52)41-12-4-7-25(3)17-28(51)19-27(40)20-36-45-30(23-56-36)38(54)49-15-6-8-31(49)39(55)57-37/h4-5,7,9-11,13,17,21-24,26-28,31,37,46-47,51H,6,8,12,14-16,18-20H2,1-3H3,(H,41,52)(H,42,53)/b7-4+,11-10+,25-17+/t26-,27+,28+,31+,37+/m0/s1. The van der Waals surface area contributed by atoms with E-state index in [9.17, 15) is 28.7 Å². The summed E-state index contributed by atoms with van der Waals surface area (Å²) >= 11 is 0. The van der Waals surface area contributed by atoms with Crippen LogP contribution in [0, 0.1) is 11.8 Å². The highest BCUT2D eigenvalue weighted by Gasteiger charge is 2.39. The minimum atomic E-state index is -1.50. The Hall–Kier alpha value is -5.88. The molecule has 57 heavy (non-hydrogen) atoms. The number of ether oxygens (including phenoxy) is 1. The number of carbonyl (C=O) groups excluding carboxylic acids is 4. The van der Waals surface area contributed by atoms with Crippen molar-refractivity contribution in [3.8, 4) is 0 Å². The third-order valence-corrected chi connectivity index (χ3v) is 9.78. The van der Waals surface area contributed by atoms with Crippen LogP contribution in [-0.4, -0.2) is 109 Å². The van der Waals surface area contributed by atoms with Crippen molar-refractivity contribution in [3.63, 3.8) is 0 Å². The Morgan fingerprint density at radius 2 is 2.05 bits per heavy atom. The second-order valence-corrected chi connectivity index (χ2v) is 14.6. The lowest BCUT2D eigenvalue weighted by Crippen LogP contribution is -2.45. The van der Waals surface area contributed by atoms with Crippen LogP contribution in [0.3, 0.4) is 0 Å². The molecule has 3 aliphatic heterocycles. The predicted molar refractivity (Wildman–Crippen MR) is 205 cm³/mol. The molecule has 0 aromatic carbocycles. The monoisotopic (exact) mass is 788 g/mol. The minimum absolute atomic E-state index is 0.00526. The van der Waals surface area contributed by atoms with Gasteiger partial charge in [-0.2, -0.15) is 5.10 Å². The van der Waals surface area contributed by atoms with Crippen LogP contribution in [0.2, 0.25) is 0 Å². The van der Waals surface area contributed by atoms with Crippen molar-refractivity contribution in [1.82, 2.24) is 51.1 Å². The molecule has 3 aromatic heterocycles. The lowest BCUT2D eigenvalue weighted by molar-refractivity contribution is -0.159. The Labute approximate surface area is 329 Å². The fourth-order valence-electron chi connectivity index (χ4n) is 6.98. The van der Waals surface area contributed by atoms with Crippen molar-refractivity contribution < 1.29 is 37.8 Å². The molecule has 304 valence electrons. The number of aromatic nitrogens is 4. The molecule has 18 heteroatoms. The van der Waals surface area contributed by atoms with Gasteiger partial charge >= 0.3 is 5.97 Å². The van der Waals surface area contributed by atoms with Crippen molar-refractivity contribution >= 4 is 35.0 Å². The van der Waals surface area contributed by atoms with E-state index in [1.165, 1.54) is 17.1 Å². The number of nitrogens with one attached hydrogen (secondary N) is 4. The van der Waals surface area contributed by atoms with Crippen LogP contribution in [0.1, 0.15) is 68.5 Å². The molecule has 6 heterocycles. The highest BCUT2D eigenvalue weighted by atomic mass is 19.1. The van der Waals surface area contributed by atoms with E-state index in [2.05, 4.69) is 36.7 Å². The van der Waals surface area contributed by atoms with Gasteiger partial charge in [0.15, 0.2) is 17.2 Å². The molecule has 0 radical (unpaired) electrons. The lowest BCUT2D eigenvalue weighted by atomic mass is 9.89. The van der Waals surface area contributed by atoms with Crippen LogP contribution in [0.15, 0.2) is 77.4 Å². The van der Waals surface area contributed by atoms with Gasteiger partial charge in [0.25, 0.3) is 5.91 Å². The minimum Gasteiger partial charge on any atom is -0.460 e. The van der Waals surface area contributed by atoms with E-state index in [0.717, 1.165) is 17.7 Å². The molecule has 1 saturated heterocycles. The number of alkyl halides is 1. The number of hydrazine groups is 2. The molecule has 2 bridgehead atoms. The number of halogens is 1. The van der Waals surface area contributed by atoms with Gasteiger partial charge < -0.3 is 35.2 Å². The van der Waals surface area contributed by atoms with Gasteiger partial charge in [-0.05, 0) is 43.9 Å². The van der Waals surface area contributed by atoms with Crippen molar-refractivity contribution in [2.24, 2.45) is 11.8 Å². The molecular weight excluding hydrogens is 739 g/mol. The van der Waals surface area contributed by atoms with E-state index in [0.29, 0.717) is 30.6 Å². The lowest BCUT2D eigenvalue weighted by Gasteiger charge is -2.31. The quantitative estimate of drug-likeness (QED) is 0.218. The Bertz CT molecular complexity index is 2040. The Morgan fingerprint density at radius 1 is 1.21 bits per heavy atom. The molecule has 5 N–H and O–H groups in total. The first-order valence-corrected chi connectivity index (χ1v) is 19.1. The van der Waals surface area contributed by atoms with Gasteiger partial charge in [-0.1, -0.05) is 43.7 Å². The number of amides is 3. The second kappa shape index (κ2) is 18.8. The molecule has 3 amide bonds. The number of hydrogen-bond donors (Lipinski definition) is 5. The predicted octanol–water partition coefficient (Wildman–Crippen LogP) is 2.16. The SMILES string of the molecule is CC1=C\[C@@H](O)C[C@@H](F)Cc2nc(co2)C(=O)N2CCC[C@@H]2C(=O)O[C@H](C(C)C)[C@H](CC(=O)NCCN2C=C(c3cnc4cccnn34)NN2)/C=C/C(=O)NC\C=C\1. The average Bonchev–Trinajstić information content (AvgIpc) is 4.00. The number of nitrogens with zero attached hydrogens (tertiary/aromatic N) is 6. The molecule has 0 unspecified atom stereocenters. The van der Waals surface area contributed by atoms with Crippen LogP contribution in [0.25, 0.3) is 11.3 Å². The number of esters is 1. The normalized spacial score (nSPS) is 26.2. The highest BCUT2D eigenvalue weighted by molar-refractivity contribution is 5.95. The summed E-state index contributed by atoms with van der Waals surface area (Å²) < 4.78 is 28.1. The molecule has 1 fully saturated rings. The van der Waals surface area contributed by atoms with Gasteiger partial charge in [-0.25, -0.2) is 23.7 Å². The number of fused-ring (bicyclic) bond motifs is 4. The Balaban J connectivity index is 1.16. The van der Waals surface area contributed by atoms with Gasteiger partial charge in [0.2, 0.25) is 11.8 Å². The molecule has 3 aromatic rings. The first-order valence-electron chi connectivity index (χ1n) is 19.1. The van der Waals surface area contributed by atoms with Crippen molar-refractivity contribution in [3.05, 3.63) is 90.2 Å². The van der Waals surface area contributed by atoms with Gasteiger partial charge in [0.1, 0.15) is 30.3 Å².